The van der Waals surface area contributed by atoms with E-state index >= 15 is 0 Å². The van der Waals surface area contributed by atoms with Gasteiger partial charge < -0.3 is 25.4 Å². The summed E-state index contributed by atoms with van der Waals surface area (Å²) in [5.74, 6) is 1.56. The molecule has 0 spiro atoms. The summed E-state index contributed by atoms with van der Waals surface area (Å²) in [5, 5.41) is 16.2. The molecule has 1 saturated carbocycles. The highest BCUT2D eigenvalue weighted by Crippen LogP contribution is 2.33. The number of amides is 1. The van der Waals surface area contributed by atoms with Gasteiger partial charge in [0.25, 0.3) is 0 Å². The number of aliphatic hydroxyl groups excluding tert-OH is 1. The van der Waals surface area contributed by atoms with Crippen molar-refractivity contribution in [3.63, 3.8) is 0 Å². The van der Waals surface area contributed by atoms with Gasteiger partial charge in [0, 0.05) is 48.7 Å². The van der Waals surface area contributed by atoms with Gasteiger partial charge in [-0.05, 0) is 79.3 Å². The number of benzene rings is 3. The van der Waals surface area contributed by atoms with Crippen molar-refractivity contribution in [3.8, 4) is 17.0 Å². The number of para-hydroxylation sites is 1. The molecule has 1 amide bonds. The fourth-order valence-corrected chi connectivity index (χ4v) is 5.06. The number of aliphatic hydroxyl groups is 1. The first-order valence-electron chi connectivity index (χ1n) is 14.0. The molecule has 1 saturated heterocycles. The van der Waals surface area contributed by atoms with E-state index in [1.54, 1.807) is 12.5 Å². The average molecular weight is 538 g/mol. The van der Waals surface area contributed by atoms with Gasteiger partial charge in [0.1, 0.15) is 24.9 Å². The fourth-order valence-electron chi connectivity index (χ4n) is 5.06. The van der Waals surface area contributed by atoms with Crippen LogP contribution in [0.4, 0.5) is 16.2 Å². The molecule has 1 aromatic heterocycles. The van der Waals surface area contributed by atoms with Crippen molar-refractivity contribution in [2.45, 2.75) is 32.1 Å². The third kappa shape index (κ3) is 6.46. The summed E-state index contributed by atoms with van der Waals surface area (Å²) in [6, 6.07) is 25.9. The molecule has 2 heterocycles. The highest BCUT2D eigenvalue weighted by molar-refractivity contribution is 5.78. The zero-order valence-corrected chi connectivity index (χ0v) is 22.4. The van der Waals surface area contributed by atoms with Crippen molar-refractivity contribution in [3.05, 3.63) is 97.0 Å². The smallest absolute Gasteiger partial charge is 0.326 e. The molecule has 4 aromatic rings. The Labute approximate surface area is 234 Å². The van der Waals surface area contributed by atoms with Crippen molar-refractivity contribution in [1.29, 1.82) is 0 Å². The Morgan fingerprint density at radius 2 is 1.77 bits per heavy atom. The highest BCUT2D eigenvalue weighted by Gasteiger charge is 2.29. The number of nitrogens with zero attached hydrogens (tertiary/aromatic N) is 3. The van der Waals surface area contributed by atoms with E-state index in [2.05, 4.69) is 44.8 Å². The number of carbonyl (C=O) groups is 1. The Morgan fingerprint density at radius 3 is 2.52 bits per heavy atom. The van der Waals surface area contributed by atoms with Crippen molar-refractivity contribution < 1.29 is 14.6 Å². The molecule has 2 fully saturated rings. The zero-order chi connectivity index (χ0) is 27.3. The van der Waals surface area contributed by atoms with Crippen LogP contribution in [0.15, 0.2) is 91.4 Å². The van der Waals surface area contributed by atoms with Crippen LogP contribution in [0, 0.1) is 11.8 Å². The summed E-state index contributed by atoms with van der Waals surface area (Å²) < 4.78 is 7.45. The van der Waals surface area contributed by atoms with Crippen molar-refractivity contribution in [2.24, 2.45) is 11.8 Å². The third-order valence-electron chi connectivity index (χ3n) is 7.66. The van der Waals surface area contributed by atoms with Gasteiger partial charge in [-0.25, -0.2) is 9.78 Å². The Bertz CT molecular complexity index is 1400. The molecule has 1 aliphatic heterocycles. The fraction of sp³-hybridized carbons (Fsp3) is 0.312. The van der Waals surface area contributed by atoms with Gasteiger partial charge in [-0.15, -0.1) is 0 Å². The summed E-state index contributed by atoms with van der Waals surface area (Å²) in [7, 11) is 0. The standard InChI is InChI=1S/C32H35N5O3/c38-31(26-8-9-26)35-27-12-6-23(7-13-27)21-40-29-14-10-25(11-15-29)30-20-37(22-34-30)32(39)33-18-24-16-17-36(19-24)28-4-2-1-3-5-28/h1-7,10-15,20,22,24,26,31,35,38H,8-9,16-19,21H2,(H,33,39). The molecular weight excluding hydrogens is 502 g/mol. The minimum absolute atomic E-state index is 0.167. The summed E-state index contributed by atoms with van der Waals surface area (Å²) >= 11 is 0. The minimum Gasteiger partial charge on any atom is -0.489 e. The average Bonchev–Trinajstić information content (AvgIpc) is 3.54. The predicted molar refractivity (Wildman–Crippen MR) is 156 cm³/mol. The van der Waals surface area contributed by atoms with Crippen LogP contribution in [0.5, 0.6) is 5.75 Å². The van der Waals surface area contributed by atoms with E-state index in [0.29, 0.717) is 25.0 Å². The summed E-state index contributed by atoms with van der Waals surface area (Å²) in [6.45, 7) is 3.04. The maximum absolute atomic E-state index is 12.7. The quantitative estimate of drug-likeness (QED) is 0.236. The number of rotatable bonds is 10. The molecule has 6 rings (SSSR count). The number of carbonyl (C=O) groups excluding carboxylic acids is 1. The molecule has 206 valence electrons. The van der Waals surface area contributed by atoms with Crippen LogP contribution in [0.3, 0.4) is 0 Å². The molecule has 3 N–H and O–H groups in total. The van der Waals surface area contributed by atoms with Gasteiger partial charge in [0.2, 0.25) is 0 Å². The second-order valence-electron chi connectivity index (χ2n) is 10.7. The molecule has 8 heteroatoms. The number of aromatic nitrogens is 2. The molecule has 2 aliphatic rings. The maximum atomic E-state index is 12.7. The second-order valence-corrected chi connectivity index (χ2v) is 10.7. The normalized spacial score (nSPS) is 17.4. The molecule has 0 radical (unpaired) electrons. The first-order valence-corrected chi connectivity index (χ1v) is 14.0. The van der Waals surface area contributed by atoms with Gasteiger partial charge in [-0.2, -0.15) is 0 Å². The second kappa shape index (κ2) is 11.8. The van der Waals surface area contributed by atoms with Crippen LogP contribution >= 0.6 is 0 Å². The minimum atomic E-state index is -0.468. The summed E-state index contributed by atoms with van der Waals surface area (Å²) in [4.78, 5) is 19.5. The lowest BCUT2D eigenvalue weighted by Gasteiger charge is -2.18. The maximum Gasteiger partial charge on any atom is 0.326 e. The topological polar surface area (TPSA) is 91.7 Å². The number of imidazole rings is 1. The number of hydrogen-bond acceptors (Lipinski definition) is 6. The van der Waals surface area contributed by atoms with E-state index in [1.165, 1.54) is 10.3 Å². The van der Waals surface area contributed by atoms with Gasteiger partial charge in [-0.3, -0.25) is 4.57 Å². The predicted octanol–water partition coefficient (Wildman–Crippen LogP) is 5.35. The van der Waals surface area contributed by atoms with Gasteiger partial charge in [0.05, 0.1) is 5.69 Å². The molecule has 3 aromatic carbocycles. The van der Waals surface area contributed by atoms with Gasteiger partial charge >= 0.3 is 6.03 Å². The Kier molecular flexibility index (Phi) is 7.68. The Balaban J connectivity index is 0.963. The molecule has 2 unspecified atom stereocenters. The van der Waals surface area contributed by atoms with Gasteiger partial charge in [-0.1, -0.05) is 30.3 Å². The van der Waals surface area contributed by atoms with Gasteiger partial charge in [0.15, 0.2) is 0 Å². The van der Waals surface area contributed by atoms with Crippen LogP contribution < -0.4 is 20.3 Å². The third-order valence-corrected chi connectivity index (χ3v) is 7.66. The SMILES string of the molecule is O=C(NCC1CCN(c2ccccc2)C1)n1cnc(-c2ccc(OCc3ccc(NC(O)C4CC4)cc3)cc2)c1. The Hall–Kier alpha value is -4.30. The lowest BCUT2D eigenvalue weighted by atomic mass is 10.1. The van der Waals surface area contributed by atoms with Crippen LogP contribution in [-0.4, -0.2) is 46.6 Å². The monoisotopic (exact) mass is 537 g/mol. The van der Waals surface area contributed by atoms with Crippen molar-refractivity contribution in [2.75, 3.05) is 29.9 Å². The summed E-state index contributed by atoms with van der Waals surface area (Å²) in [5.41, 5.74) is 4.84. The number of ether oxygens (including phenoxy) is 1. The molecule has 0 bridgehead atoms. The number of nitrogens with one attached hydrogen (secondary N) is 2. The largest absolute Gasteiger partial charge is 0.489 e. The lowest BCUT2D eigenvalue weighted by Crippen LogP contribution is -2.33. The first kappa shape index (κ1) is 26.0. The molecule has 8 nitrogen and oxygen atoms in total. The van der Waals surface area contributed by atoms with E-state index in [9.17, 15) is 9.90 Å². The van der Waals surface area contributed by atoms with E-state index < -0.39 is 6.23 Å². The van der Waals surface area contributed by atoms with E-state index in [4.69, 9.17) is 4.74 Å². The van der Waals surface area contributed by atoms with Crippen LogP contribution in [0.25, 0.3) is 11.3 Å². The first-order chi connectivity index (χ1) is 19.6. The molecule has 2 atom stereocenters. The highest BCUT2D eigenvalue weighted by atomic mass is 16.5. The zero-order valence-electron chi connectivity index (χ0n) is 22.4. The van der Waals surface area contributed by atoms with Crippen LogP contribution in [0.1, 0.15) is 24.8 Å². The molecule has 1 aliphatic carbocycles. The van der Waals surface area contributed by atoms with E-state index in [0.717, 1.165) is 60.6 Å². The number of hydrogen-bond donors (Lipinski definition) is 3. The molecule has 40 heavy (non-hydrogen) atoms. The Morgan fingerprint density at radius 1 is 1.00 bits per heavy atom. The molecular formula is C32H35N5O3. The van der Waals surface area contributed by atoms with Crippen molar-refractivity contribution in [1.82, 2.24) is 14.9 Å². The van der Waals surface area contributed by atoms with E-state index in [-0.39, 0.29) is 6.03 Å². The van der Waals surface area contributed by atoms with Crippen LogP contribution in [0.2, 0.25) is 0 Å². The van der Waals surface area contributed by atoms with Crippen LogP contribution in [-0.2, 0) is 6.61 Å². The summed E-state index contributed by atoms with van der Waals surface area (Å²) in [6.07, 6.45) is 6.08. The van der Waals surface area contributed by atoms with Crippen molar-refractivity contribution >= 4 is 17.4 Å². The lowest BCUT2D eigenvalue weighted by molar-refractivity contribution is 0.180. The van der Waals surface area contributed by atoms with E-state index in [1.807, 2.05) is 54.6 Å². The number of anilines is 2.